The topological polar surface area (TPSA) is 50.6 Å². The fourth-order valence-corrected chi connectivity index (χ4v) is 4.91. The van der Waals surface area contributed by atoms with Crippen LogP contribution >= 0.6 is 0 Å². The van der Waals surface area contributed by atoms with E-state index in [4.69, 9.17) is 4.74 Å². The number of aryl methyl sites for hydroxylation is 1. The molecule has 1 amide bonds. The standard InChI is InChI=1S/C22H28N4O2/c1-16-6-7-20-19(12-16)22-17(15-28-20)13-23-26(22)14-21(27)25-10-8-24(9-11-25)18-4-2-3-5-18/h6-7,12-13,18H,2-5,8-11,14-15H2,1H3. The number of hydrogen-bond acceptors (Lipinski definition) is 4. The van der Waals surface area contributed by atoms with Gasteiger partial charge in [0.2, 0.25) is 5.91 Å². The highest BCUT2D eigenvalue weighted by Crippen LogP contribution is 2.38. The number of rotatable bonds is 3. The molecule has 6 nitrogen and oxygen atoms in total. The van der Waals surface area contributed by atoms with Gasteiger partial charge in [-0.3, -0.25) is 14.4 Å². The number of aromatic nitrogens is 2. The Morgan fingerprint density at radius 3 is 2.75 bits per heavy atom. The van der Waals surface area contributed by atoms with Gasteiger partial charge in [0.05, 0.1) is 11.9 Å². The Bertz CT molecular complexity index is 877. The number of piperazine rings is 1. The van der Waals surface area contributed by atoms with Gasteiger partial charge >= 0.3 is 0 Å². The summed E-state index contributed by atoms with van der Waals surface area (Å²) in [6, 6.07) is 6.93. The predicted octanol–water partition coefficient (Wildman–Crippen LogP) is 2.84. The monoisotopic (exact) mass is 380 g/mol. The molecule has 0 spiro atoms. The van der Waals surface area contributed by atoms with Crippen molar-refractivity contribution in [1.29, 1.82) is 0 Å². The SMILES string of the molecule is Cc1ccc2c(c1)-c1c(cnn1CC(=O)N1CCN(C3CCCC3)CC1)CO2. The molecule has 1 saturated heterocycles. The molecule has 1 aromatic heterocycles. The Kier molecular flexibility index (Phi) is 4.59. The van der Waals surface area contributed by atoms with Gasteiger partial charge in [-0.2, -0.15) is 5.10 Å². The van der Waals surface area contributed by atoms with Gasteiger partial charge in [-0.05, 0) is 31.9 Å². The molecule has 28 heavy (non-hydrogen) atoms. The molecule has 2 aliphatic heterocycles. The number of nitrogens with zero attached hydrogens (tertiary/aromatic N) is 4. The lowest BCUT2D eigenvalue weighted by Crippen LogP contribution is -2.52. The van der Waals surface area contributed by atoms with Crippen LogP contribution in [0, 0.1) is 6.92 Å². The Hall–Kier alpha value is -2.34. The van der Waals surface area contributed by atoms with Gasteiger partial charge in [0, 0.05) is 43.3 Å². The third-order valence-electron chi connectivity index (χ3n) is 6.48. The van der Waals surface area contributed by atoms with E-state index in [1.165, 1.54) is 31.2 Å². The maximum absolute atomic E-state index is 13.0. The minimum atomic E-state index is 0.165. The first-order valence-corrected chi connectivity index (χ1v) is 10.5. The smallest absolute Gasteiger partial charge is 0.244 e. The third-order valence-corrected chi connectivity index (χ3v) is 6.48. The molecule has 1 aliphatic carbocycles. The summed E-state index contributed by atoms with van der Waals surface area (Å²) in [6.07, 6.45) is 7.21. The van der Waals surface area contributed by atoms with Crippen LogP contribution in [-0.4, -0.2) is 57.7 Å². The van der Waals surface area contributed by atoms with Crippen LogP contribution < -0.4 is 4.74 Å². The van der Waals surface area contributed by atoms with Gasteiger partial charge in [-0.25, -0.2) is 0 Å². The van der Waals surface area contributed by atoms with Crippen LogP contribution in [-0.2, 0) is 17.9 Å². The lowest BCUT2D eigenvalue weighted by molar-refractivity contribution is -0.134. The lowest BCUT2D eigenvalue weighted by atomic mass is 10.0. The summed E-state index contributed by atoms with van der Waals surface area (Å²) in [5.74, 6) is 1.04. The second-order valence-corrected chi connectivity index (χ2v) is 8.32. The highest BCUT2D eigenvalue weighted by molar-refractivity contribution is 5.78. The first kappa shape index (κ1) is 17.7. The van der Waals surface area contributed by atoms with Crippen LogP contribution in [0.15, 0.2) is 24.4 Å². The van der Waals surface area contributed by atoms with Crippen LogP contribution in [0.3, 0.4) is 0 Å². The predicted molar refractivity (Wildman–Crippen MR) is 107 cm³/mol. The Morgan fingerprint density at radius 1 is 1.18 bits per heavy atom. The van der Waals surface area contributed by atoms with E-state index < -0.39 is 0 Å². The van der Waals surface area contributed by atoms with Crippen LogP contribution in [0.1, 0.15) is 36.8 Å². The molecule has 6 heteroatoms. The molecule has 148 valence electrons. The molecule has 0 atom stereocenters. The van der Waals surface area contributed by atoms with Crippen molar-refractivity contribution in [3.63, 3.8) is 0 Å². The zero-order valence-electron chi connectivity index (χ0n) is 16.6. The Morgan fingerprint density at radius 2 is 1.96 bits per heavy atom. The number of carbonyl (C=O) groups excluding carboxylic acids is 1. The van der Waals surface area contributed by atoms with Crippen molar-refractivity contribution in [3.05, 3.63) is 35.5 Å². The first-order chi connectivity index (χ1) is 13.7. The first-order valence-electron chi connectivity index (χ1n) is 10.5. The van der Waals surface area contributed by atoms with E-state index >= 15 is 0 Å². The average molecular weight is 380 g/mol. The second kappa shape index (κ2) is 7.24. The maximum Gasteiger partial charge on any atom is 0.244 e. The van der Waals surface area contributed by atoms with Crippen molar-refractivity contribution < 1.29 is 9.53 Å². The number of ether oxygens (including phenoxy) is 1. The molecule has 2 fully saturated rings. The minimum Gasteiger partial charge on any atom is -0.488 e. The van der Waals surface area contributed by atoms with Crippen molar-refractivity contribution in [3.8, 4) is 17.0 Å². The molecule has 1 saturated carbocycles. The van der Waals surface area contributed by atoms with Crippen molar-refractivity contribution >= 4 is 5.91 Å². The molecule has 0 N–H and O–H groups in total. The van der Waals surface area contributed by atoms with Crippen molar-refractivity contribution in [2.75, 3.05) is 26.2 Å². The van der Waals surface area contributed by atoms with E-state index in [9.17, 15) is 4.79 Å². The lowest BCUT2D eigenvalue weighted by Gasteiger charge is -2.38. The number of amides is 1. The third kappa shape index (κ3) is 3.20. The molecule has 2 aromatic rings. The number of hydrogen-bond donors (Lipinski definition) is 0. The highest BCUT2D eigenvalue weighted by atomic mass is 16.5. The summed E-state index contributed by atoms with van der Waals surface area (Å²) in [6.45, 7) is 6.55. The van der Waals surface area contributed by atoms with Crippen molar-refractivity contribution in [2.24, 2.45) is 0 Å². The summed E-state index contributed by atoms with van der Waals surface area (Å²) in [7, 11) is 0. The second-order valence-electron chi connectivity index (χ2n) is 8.32. The molecular formula is C22H28N4O2. The van der Waals surface area contributed by atoms with Gasteiger partial charge in [0.25, 0.3) is 0 Å². The Balaban J connectivity index is 1.29. The van der Waals surface area contributed by atoms with Crippen molar-refractivity contribution in [1.82, 2.24) is 19.6 Å². The van der Waals surface area contributed by atoms with E-state index in [0.717, 1.165) is 54.8 Å². The van der Waals surface area contributed by atoms with E-state index in [-0.39, 0.29) is 5.91 Å². The molecule has 1 aromatic carbocycles. The maximum atomic E-state index is 13.0. The zero-order chi connectivity index (χ0) is 19.1. The molecular weight excluding hydrogens is 352 g/mol. The number of fused-ring (bicyclic) bond motifs is 3. The van der Waals surface area contributed by atoms with E-state index in [2.05, 4.69) is 29.1 Å². The Labute approximate surface area is 166 Å². The molecule has 3 aliphatic rings. The van der Waals surface area contributed by atoms with Crippen LogP contribution in [0.25, 0.3) is 11.3 Å². The number of benzene rings is 1. The summed E-state index contributed by atoms with van der Waals surface area (Å²) in [5, 5.41) is 4.52. The van der Waals surface area contributed by atoms with E-state index in [0.29, 0.717) is 13.2 Å². The fraction of sp³-hybridized carbons (Fsp3) is 0.545. The zero-order valence-corrected chi connectivity index (χ0v) is 16.6. The fourth-order valence-electron chi connectivity index (χ4n) is 4.91. The van der Waals surface area contributed by atoms with Crippen LogP contribution in [0.2, 0.25) is 0 Å². The van der Waals surface area contributed by atoms with Gasteiger partial charge < -0.3 is 9.64 Å². The quantitative estimate of drug-likeness (QED) is 0.822. The molecule has 3 heterocycles. The van der Waals surface area contributed by atoms with E-state index in [1.807, 2.05) is 21.8 Å². The molecule has 0 unspecified atom stereocenters. The number of carbonyl (C=O) groups is 1. The summed E-state index contributed by atoms with van der Waals surface area (Å²) in [5.41, 5.74) is 4.30. The van der Waals surface area contributed by atoms with Gasteiger partial charge in [-0.1, -0.05) is 24.5 Å². The van der Waals surface area contributed by atoms with Gasteiger partial charge in [-0.15, -0.1) is 0 Å². The molecule has 0 radical (unpaired) electrons. The summed E-state index contributed by atoms with van der Waals surface area (Å²) < 4.78 is 7.71. The molecule has 0 bridgehead atoms. The largest absolute Gasteiger partial charge is 0.488 e. The van der Waals surface area contributed by atoms with Crippen LogP contribution in [0.4, 0.5) is 0 Å². The van der Waals surface area contributed by atoms with Gasteiger partial charge in [0.15, 0.2) is 0 Å². The van der Waals surface area contributed by atoms with Crippen LogP contribution in [0.5, 0.6) is 5.75 Å². The van der Waals surface area contributed by atoms with Crippen molar-refractivity contribution in [2.45, 2.75) is 51.8 Å². The van der Waals surface area contributed by atoms with E-state index in [1.54, 1.807) is 0 Å². The molecule has 5 rings (SSSR count). The highest BCUT2D eigenvalue weighted by Gasteiger charge is 2.29. The normalized spacial score (nSPS) is 20.0. The average Bonchev–Trinajstić information content (AvgIpc) is 3.38. The van der Waals surface area contributed by atoms with Gasteiger partial charge in [0.1, 0.15) is 18.9 Å². The summed E-state index contributed by atoms with van der Waals surface area (Å²) in [4.78, 5) is 17.6. The minimum absolute atomic E-state index is 0.165. The summed E-state index contributed by atoms with van der Waals surface area (Å²) >= 11 is 0.